The van der Waals surface area contributed by atoms with E-state index < -0.39 is 0 Å². The highest BCUT2D eigenvalue weighted by Crippen LogP contribution is 2.17. The molecule has 0 bridgehead atoms. The molecule has 0 aliphatic heterocycles. The van der Waals surface area contributed by atoms with E-state index in [0.717, 1.165) is 10.0 Å². The minimum Gasteiger partial charge on any atom is -0.468 e. The van der Waals surface area contributed by atoms with Crippen LogP contribution in [0.1, 0.15) is 25.0 Å². The van der Waals surface area contributed by atoms with Gasteiger partial charge in [0.25, 0.3) is 0 Å². The molecule has 0 aliphatic rings. The van der Waals surface area contributed by atoms with Crippen molar-refractivity contribution in [2.24, 2.45) is 5.92 Å². The number of esters is 1. The zero-order chi connectivity index (χ0) is 13.7. The van der Waals surface area contributed by atoms with Gasteiger partial charge in [0, 0.05) is 11.0 Å². The lowest BCUT2D eigenvalue weighted by atomic mass is 10.0. The van der Waals surface area contributed by atoms with Gasteiger partial charge >= 0.3 is 5.97 Å². The van der Waals surface area contributed by atoms with Crippen LogP contribution in [0.4, 0.5) is 0 Å². The predicted octanol–water partition coefficient (Wildman–Crippen LogP) is 3.04. The Morgan fingerprint density at radius 1 is 1.44 bits per heavy atom. The van der Waals surface area contributed by atoms with Crippen LogP contribution in [-0.4, -0.2) is 19.1 Å². The summed E-state index contributed by atoms with van der Waals surface area (Å²) in [5.41, 5.74) is 2.34. The van der Waals surface area contributed by atoms with Crippen LogP contribution in [0.25, 0.3) is 0 Å². The van der Waals surface area contributed by atoms with Gasteiger partial charge in [0.2, 0.25) is 0 Å². The molecule has 0 heterocycles. The van der Waals surface area contributed by atoms with Crippen molar-refractivity contribution in [2.75, 3.05) is 7.11 Å². The average molecular weight is 314 g/mol. The van der Waals surface area contributed by atoms with Crippen LogP contribution < -0.4 is 5.32 Å². The lowest BCUT2D eigenvalue weighted by Crippen LogP contribution is -2.41. The highest BCUT2D eigenvalue weighted by Gasteiger charge is 2.21. The second kappa shape index (κ2) is 6.90. The quantitative estimate of drug-likeness (QED) is 0.849. The number of ether oxygens (including phenoxy) is 1. The van der Waals surface area contributed by atoms with Crippen molar-refractivity contribution in [3.8, 4) is 0 Å². The van der Waals surface area contributed by atoms with E-state index in [4.69, 9.17) is 4.74 Å². The fourth-order valence-corrected chi connectivity index (χ4v) is 2.12. The van der Waals surface area contributed by atoms with Gasteiger partial charge in [-0.05, 0) is 30.0 Å². The molecule has 0 aliphatic carbocycles. The third-order valence-corrected chi connectivity index (χ3v) is 3.74. The van der Waals surface area contributed by atoms with E-state index in [9.17, 15) is 4.79 Å². The summed E-state index contributed by atoms with van der Waals surface area (Å²) in [6, 6.07) is 5.91. The highest BCUT2D eigenvalue weighted by molar-refractivity contribution is 9.10. The van der Waals surface area contributed by atoms with Gasteiger partial charge in [0.15, 0.2) is 0 Å². The number of carbonyl (C=O) groups is 1. The van der Waals surface area contributed by atoms with E-state index in [0.29, 0.717) is 6.54 Å². The molecule has 0 saturated heterocycles. The Labute approximate surface area is 117 Å². The zero-order valence-electron chi connectivity index (χ0n) is 11.3. The van der Waals surface area contributed by atoms with Crippen LogP contribution in [-0.2, 0) is 16.1 Å². The summed E-state index contributed by atoms with van der Waals surface area (Å²) < 4.78 is 5.88. The standard InChI is InChI=1S/C14H20BrNO2/c1-9(2)13(14(17)18-4)16-8-11-6-5-10(3)12(15)7-11/h5-7,9,13,16H,8H2,1-4H3. The SMILES string of the molecule is COC(=O)C(NCc1ccc(C)c(Br)c1)C(C)C. The van der Waals surface area contributed by atoms with Gasteiger partial charge in [0.1, 0.15) is 6.04 Å². The summed E-state index contributed by atoms with van der Waals surface area (Å²) in [6.45, 7) is 6.70. The molecule has 4 heteroatoms. The maximum atomic E-state index is 11.6. The van der Waals surface area contributed by atoms with E-state index >= 15 is 0 Å². The molecule has 1 atom stereocenters. The summed E-state index contributed by atoms with van der Waals surface area (Å²) >= 11 is 3.51. The first-order valence-electron chi connectivity index (χ1n) is 6.02. The zero-order valence-corrected chi connectivity index (χ0v) is 12.9. The van der Waals surface area contributed by atoms with Crippen LogP contribution in [0.2, 0.25) is 0 Å². The molecule has 1 unspecified atom stereocenters. The second-order valence-electron chi connectivity index (χ2n) is 4.71. The molecule has 0 aromatic heterocycles. The van der Waals surface area contributed by atoms with E-state index in [-0.39, 0.29) is 17.9 Å². The van der Waals surface area contributed by atoms with Gasteiger partial charge in [0.05, 0.1) is 7.11 Å². The van der Waals surface area contributed by atoms with Crippen LogP contribution in [0.3, 0.4) is 0 Å². The number of hydrogen-bond acceptors (Lipinski definition) is 3. The molecule has 0 fully saturated rings. The fourth-order valence-electron chi connectivity index (χ4n) is 1.69. The molecule has 1 aromatic rings. The second-order valence-corrected chi connectivity index (χ2v) is 5.56. The van der Waals surface area contributed by atoms with Gasteiger partial charge in [-0.1, -0.05) is 41.9 Å². The van der Waals surface area contributed by atoms with E-state index in [1.165, 1.54) is 12.7 Å². The van der Waals surface area contributed by atoms with Gasteiger partial charge < -0.3 is 10.1 Å². The van der Waals surface area contributed by atoms with E-state index in [2.05, 4.69) is 39.4 Å². The molecule has 3 nitrogen and oxygen atoms in total. The monoisotopic (exact) mass is 313 g/mol. The minimum absolute atomic E-state index is 0.200. The summed E-state index contributed by atoms with van der Waals surface area (Å²) in [4.78, 5) is 11.6. The number of carbonyl (C=O) groups excluding carboxylic acids is 1. The lowest BCUT2D eigenvalue weighted by molar-refractivity contribution is -0.144. The molecule has 0 saturated carbocycles. The Morgan fingerprint density at radius 3 is 2.61 bits per heavy atom. The molecule has 0 radical (unpaired) electrons. The Bertz CT molecular complexity index is 418. The first-order valence-corrected chi connectivity index (χ1v) is 6.81. The topological polar surface area (TPSA) is 38.3 Å². The van der Waals surface area contributed by atoms with Crippen molar-refractivity contribution in [3.05, 3.63) is 33.8 Å². The Hall–Kier alpha value is -0.870. The third-order valence-electron chi connectivity index (χ3n) is 2.88. The first kappa shape index (κ1) is 15.2. The van der Waals surface area contributed by atoms with Crippen molar-refractivity contribution in [3.63, 3.8) is 0 Å². The number of hydrogen-bond donors (Lipinski definition) is 1. The molecule has 0 spiro atoms. The largest absolute Gasteiger partial charge is 0.468 e. The van der Waals surface area contributed by atoms with Crippen LogP contribution in [0.15, 0.2) is 22.7 Å². The minimum atomic E-state index is -0.268. The van der Waals surface area contributed by atoms with Gasteiger partial charge in [-0.25, -0.2) is 0 Å². The summed E-state index contributed by atoms with van der Waals surface area (Å²) in [5, 5.41) is 3.24. The number of nitrogens with one attached hydrogen (secondary N) is 1. The van der Waals surface area contributed by atoms with Crippen molar-refractivity contribution < 1.29 is 9.53 Å². The number of halogens is 1. The molecule has 1 rings (SSSR count). The Morgan fingerprint density at radius 2 is 2.11 bits per heavy atom. The molecule has 0 amide bonds. The smallest absolute Gasteiger partial charge is 0.323 e. The van der Waals surface area contributed by atoms with Crippen molar-refractivity contribution in [2.45, 2.75) is 33.4 Å². The van der Waals surface area contributed by atoms with Crippen LogP contribution in [0, 0.1) is 12.8 Å². The average Bonchev–Trinajstić information content (AvgIpc) is 2.33. The molecule has 18 heavy (non-hydrogen) atoms. The number of methoxy groups -OCH3 is 1. The highest BCUT2D eigenvalue weighted by atomic mass is 79.9. The van der Waals surface area contributed by atoms with Crippen molar-refractivity contribution in [1.82, 2.24) is 5.32 Å². The van der Waals surface area contributed by atoms with Gasteiger partial charge in [-0.3, -0.25) is 4.79 Å². The summed E-state index contributed by atoms with van der Waals surface area (Å²) in [5.74, 6) is -0.0116. The molecular weight excluding hydrogens is 294 g/mol. The third kappa shape index (κ3) is 4.10. The number of aryl methyl sites for hydroxylation is 1. The molecule has 1 aromatic carbocycles. The van der Waals surface area contributed by atoms with Crippen molar-refractivity contribution >= 4 is 21.9 Å². The number of benzene rings is 1. The van der Waals surface area contributed by atoms with Crippen LogP contribution >= 0.6 is 15.9 Å². The van der Waals surface area contributed by atoms with Crippen molar-refractivity contribution in [1.29, 1.82) is 0 Å². The molecule has 1 N–H and O–H groups in total. The molecule has 100 valence electrons. The summed E-state index contributed by atoms with van der Waals surface area (Å²) in [7, 11) is 1.42. The summed E-state index contributed by atoms with van der Waals surface area (Å²) in [6.07, 6.45) is 0. The van der Waals surface area contributed by atoms with E-state index in [1.54, 1.807) is 0 Å². The number of rotatable bonds is 5. The van der Waals surface area contributed by atoms with Crippen LogP contribution in [0.5, 0.6) is 0 Å². The lowest BCUT2D eigenvalue weighted by Gasteiger charge is -2.20. The Kier molecular flexibility index (Phi) is 5.82. The maximum absolute atomic E-state index is 11.6. The first-order chi connectivity index (χ1) is 8.45. The fraction of sp³-hybridized carbons (Fsp3) is 0.500. The van der Waals surface area contributed by atoms with Gasteiger partial charge in [-0.2, -0.15) is 0 Å². The predicted molar refractivity (Wildman–Crippen MR) is 76.4 cm³/mol. The normalized spacial score (nSPS) is 12.6. The van der Waals surface area contributed by atoms with E-state index in [1.807, 2.05) is 20.8 Å². The Balaban J connectivity index is 2.67. The maximum Gasteiger partial charge on any atom is 0.323 e. The molecular formula is C14H20BrNO2. The van der Waals surface area contributed by atoms with Gasteiger partial charge in [-0.15, -0.1) is 0 Å².